The van der Waals surface area contributed by atoms with Crippen LogP contribution in [0.5, 0.6) is 0 Å². The van der Waals surface area contributed by atoms with Crippen LogP contribution in [0.3, 0.4) is 0 Å². The molecule has 0 aliphatic heterocycles. The quantitative estimate of drug-likeness (QED) is 0.737. The highest BCUT2D eigenvalue weighted by atomic mass is 127. The van der Waals surface area contributed by atoms with E-state index in [-0.39, 0.29) is 0 Å². The topological polar surface area (TPSA) is 30.2 Å². The van der Waals surface area contributed by atoms with Gasteiger partial charge in [-0.2, -0.15) is 0 Å². The maximum Gasteiger partial charge on any atom is 0.212 e. The summed E-state index contributed by atoms with van der Waals surface area (Å²) in [6, 6.07) is 4.03. The van der Waals surface area contributed by atoms with E-state index < -0.39 is 0 Å². The highest BCUT2D eigenvalue weighted by Crippen LogP contribution is 2.35. The van der Waals surface area contributed by atoms with E-state index in [4.69, 9.17) is 11.6 Å². The fraction of sp³-hybridized carbons (Fsp3) is 0.455. The summed E-state index contributed by atoms with van der Waals surface area (Å²) in [5.74, 6) is 0.622. The summed E-state index contributed by atoms with van der Waals surface area (Å²) < 4.78 is 2.67. The Labute approximate surface area is 112 Å². The molecule has 1 fully saturated rings. The van der Waals surface area contributed by atoms with Gasteiger partial charge in [-0.15, -0.1) is 5.10 Å². The summed E-state index contributed by atoms with van der Waals surface area (Å²) in [6.45, 7) is 0. The molecule has 1 saturated carbocycles. The van der Waals surface area contributed by atoms with Crippen molar-refractivity contribution in [1.29, 1.82) is 0 Å². The van der Waals surface area contributed by atoms with Gasteiger partial charge in [-0.1, -0.05) is 24.4 Å². The molecule has 5 heteroatoms. The first-order valence-electron chi connectivity index (χ1n) is 5.46. The van der Waals surface area contributed by atoms with Crippen molar-refractivity contribution in [3.05, 3.63) is 26.7 Å². The maximum atomic E-state index is 6.12. The van der Waals surface area contributed by atoms with E-state index in [1.807, 2.05) is 10.6 Å². The normalized spacial score (nSPS) is 17.4. The van der Waals surface area contributed by atoms with Gasteiger partial charge in [0.05, 0.1) is 5.02 Å². The van der Waals surface area contributed by atoms with Gasteiger partial charge in [0, 0.05) is 34.2 Å². The number of halogens is 2. The lowest BCUT2D eigenvalue weighted by Crippen LogP contribution is -2.03. The number of aromatic nitrogens is 3. The molecular weight excluding hydrogens is 336 g/mol. The maximum absolute atomic E-state index is 6.12. The number of nitrogens with zero attached hydrogens (tertiary/aromatic N) is 3. The summed E-state index contributed by atoms with van der Waals surface area (Å²) in [4.78, 5) is 4.35. The minimum Gasteiger partial charge on any atom is -0.215 e. The Balaban J connectivity index is 2.20. The molecule has 1 aliphatic carbocycles. The van der Waals surface area contributed by atoms with Crippen LogP contribution in [0.2, 0.25) is 5.02 Å². The van der Waals surface area contributed by atoms with E-state index in [2.05, 4.69) is 38.7 Å². The van der Waals surface area contributed by atoms with Crippen LogP contribution < -0.4 is 0 Å². The fourth-order valence-electron chi connectivity index (χ4n) is 2.46. The molecule has 0 saturated heterocycles. The number of hydrogen-bond donors (Lipinski definition) is 0. The minimum atomic E-state index is 0.622. The second-order valence-corrected chi connectivity index (χ2v) is 5.58. The molecule has 0 aromatic carbocycles. The molecule has 16 heavy (non-hydrogen) atoms. The van der Waals surface area contributed by atoms with Crippen molar-refractivity contribution in [2.24, 2.45) is 0 Å². The molecule has 2 aromatic heterocycles. The van der Waals surface area contributed by atoms with Crippen LogP contribution in [-0.2, 0) is 0 Å². The van der Waals surface area contributed by atoms with Gasteiger partial charge < -0.3 is 0 Å². The second-order valence-electron chi connectivity index (χ2n) is 4.20. The average Bonchev–Trinajstić information content (AvgIpc) is 2.87. The van der Waals surface area contributed by atoms with Gasteiger partial charge in [0.1, 0.15) is 0 Å². The van der Waals surface area contributed by atoms with E-state index in [0.717, 1.165) is 9.48 Å². The summed E-state index contributed by atoms with van der Waals surface area (Å²) in [5, 5.41) is 5.10. The van der Waals surface area contributed by atoms with Gasteiger partial charge in [-0.3, -0.25) is 0 Å². The van der Waals surface area contributed by atoms with Crippen LogP contribution in [0.1, 0.15) is 37.3 Å². The zero-order valence-electron chi connectivity index (χ0n) is 8.66. The number of rotatable bonds is 1. The van der Waals surface area contributed by atoms with E-state index in [0.29, 0.717) is 10.9 Å². The number of fused-ring (bicyclic) bond motifs is 1. The molecule has 0 radical (unpaired) electrons. The van der Waals surface area contributed by atoms with Gasteiger partial charge in [0.2, 0.25) is 3.83 Å². The molecule has 1 aliphatic rings. The van der Waals surface area contributed by atoms with Crippen LogP contribution in [0.15, 0.2) is 12.1 Å². The molecule has 3 rings (SSSR count). The summed E-state index contributed by atoms with van der Waals surface area (Å²) in [6.07, 6.45) is 5.15. The molecule has 0 bridgehead atoms. The summed E-state index contributed by atoms with van der Waals surface area (Å²) in [5.41, 5.74) is 2.04. The molecule has 84 valence electrons. The first-order chi connectivity index (χ1) is 7.75. The predicted molar refractivity (Wildman–Crippen MR) is 71.9 cm³/mol. The lowest BCUT2D eigenvalue weighted by atomic mass is 10.0. The van der Waals surface area contributed by atoms with Crippen molar-refractivity contribution in [3.8, 4) is 0 Å². The largest absolute Gasteiger partial charge is 0.215 e. The van der Waals surface area contributed by atoms with E-state index in [1.165, 1.54) is 31.4 Å². The second kappa shape index (κ2) is 4.14. The molecule has 0 atom stereocenters. The molecule has 0 amide bonds. The van der Waals surface area contributed by atoms with E-state index >= 15 is 0 Å². The lowest BCUT2D eigenvalue weighted by molar-refractivity contribution is 0.664. The lowest BCUT2D eigenvalue weighted by Gasteiger charge is -2.11. The van der Waals surface area contributed by atoms with Crippen LogP contribution >= 0.6 is 34.2 Å². The van der Waals surface area contributed by atoms with Crippen molar-refractivity contribution < 1.29 is 0 Å². The third kappa shape index (κ3) is 1.72. The third-order valence-electron chi connectivity index (χ3n) is 3.21. The first-order valence-corrected chi connectivity index (χ1v) is 6.92. The first kappa shape index (κ1) is 10.8. The van der Waals surface area contributed by atoms with Crippen molar-refractivity contribution in [3.63, 3.8) is 0 Å². The predicted octanol–water partition coefficient (Wildman–Crippen LogP) is 3.64. The minimum absolute atomic E-state index is 0.622. The number of hydrogen-bond acceptors (Lipinski definition) is 2. The molecule has 2 aromatic rings. The smallest absolute Gasteiger partial charge is 0.212 e. The van der Waals surface area contributed by atoms with Crippen molar-refractivity contribution in [2.75, 3.05) is 0 Å². The Morgan fingerprint density at radius 2 is 2.06 bits per heavy atom. The van der Waals surface area contributed by atoms with Gasteiger partial charge >= 0.3 is 0 Å². The Bertz CT molecular complexity index is 531. The SMILES string of the molecule is Clc1ccc(C2CCCC2)n2nc(I)nc12. The number of pyridine rings is 1. The average molecular weight is 348 g/mol. The molecule has 0 unspecified atom stereocenters. The molecule has 3 nitrogen and oxygen atoms in total. The standard InChI is InChI=1S/C11H11ClIN3/c12-8-5-6-9(7-3-1-2-4-7)16-10(8)14-11(13)15-16/h5-7H,1-4H2. The third-order valence-corrected chi connectivity index (χ3v) is 3.97. The molecular formula is C11H11ClIN3. The highest BCUT2D eigenvalue weighted by molar-refractivity contribution is 14.1. The van der Waals surface area contributed by atoms with Crippen LogP contribution in [-0.4, -0.2) is 14.6 Å². The highest BCUT2D eigenvalue weighted by Gasteiger charge is 2.21. The Morgan fingerprint density at radius 1 is 1.31 bits per heavy atom. The van der Waals surface area contributed by atoms with Crippen molar-refractivity contribution in [1.82, 2.24) is 14.6 Å². The Hall–Kier alpha value is -0.360. The summed E-state index contributed by atoms with van der Waals surface area (Å²) in [7, 11) is 0. The van der Waals surface area contributed by atoms with Crippen LogP contribution in [0, 0.1) is 3.83 Å². The Kier molecular flexibility index (Phi) is 2.79. The van der Waals surface area contributed by atoms with Gasteiger partial charge in [0.15, 0.2) is 5.65 Å². The van der Waals surface area contributed by atoms with Gasteiger partial charge in [-0.05, 0) is 25.0 Å². The monoisotopic (exact) mass is 347 g/mol. The fourth-order valence-corrected chi connectivity index (χ4v) is 3.09. The van der Waals surface area contributed by atoms with Crippen LogP contribution in [0.4, 0.5) is 0 Å². The van der Waals surface area contributed by atoms with Gasteiger partial charge in [0.25, 0.3) is 0 Å². The van der Waals surface area contributed by atoms with E-state index in [1.54, 1.807) is 0 Å². The summed E-state index contributed by atoms with van der Waals surface area (Å²) >= 11 is 8.25. The van der Waals surface area contributed by atoms with Crippen molar-refractivity contribution >= 4 is 39.8 Å². The molecule has 0 spiro atoms. The Morgan fingerprint density at radius 3 is 2.81 bits per heavy atom. The zero-order chi connectivity index (χ0) is 11.1. The van der Waals surface area contributed by atoms with Gasteiger partial charge in [-0.25, -0.2) is 9.50 Å². The molecule has 2 heterocycles. The molecule has 0 N–H and O–H groups in total. The van der Waals surface area contributed by atoms with E-state index in [9.17, 15) is 0 Å². The van der Waals surface area contributed by atoms with Crippen molar-refractivity contribution in [2.45, 2.75) is 31.6 Å². The zero-order valence-corrected chi connectivity index (χ0v) is 11.6. The van der Waals surface area contributed by atoms with Crippen LogP contribution in [0.25, 0.3) is 5.65 Å².